The van der Waals surface area contributed by atoms with Gasteiger partial charge in [-0.1, -0.05) is 27.6 Å². The number of fused-ring (bicyclic) bond motifs is 1. The van der Waals surface area contributed by atoms with Gasteiger partial charge in [-0.05, 0) is 23.6 Å². The molecule has 1 aromatic carbocycles. The van der Waals surface area contributed by atoms with Gasteiger partial charge in [-0.15, -0.1) is 0 Å². The van der Waals surface area contributed by atoms with Crippen LogP contribution in [0.5, 0.6) is 0 Å². The third kappa shape index (κ3) is 2.85. The van der Waals surface area contributed by atoms with Gasteiger partial charge >= 0.3 is 5.97 Å². The summed E-state index contributed by atoms with van der Waals surface area (Å²) in [5.74, 6) is 4.50. The van der Waals surface area contributed by atoms with E-state index in [1.165, 1.54) is 0 Å². The Morgan fingerprint density at radius 1 is 1.47 bits per heavy atom. The fourth-order valence-electron chi connectivity index (χ4n) is 1.68. The number of aromatic nitrogens is 1. The van der Waals surface area contributed by atoms with E-state index in [0.717, 1.165) is 15.4 Å². The molecule has 5 nitrogen and oxygen atoms in total. The van der Waals surface area contributed by atoms with E-state index < -0.39 is 0 Å². The third-order valence-electron chi connectivity index (χ3n) is 2.47. The lowest BCUT2D eigenvalue weighted by Crippen LogP contribution is -2.26. The quantitative estimate of drug-likeness (QED) is 0.666. The topological polar surface area (TPSA) is 69.3 Å². The standard InChI is InChI=1S/C11H12BrN3O2/c12-9-2-1-8-3-5-15(10(8)7-9)6-4-11(16)17-14-13/h1-3,5,7,14H,4,6,13H2. The van der Waals surface area contributed by atoms with Gasteiger partial charge in [0.1, 0.15) is 0 Å². The average molecular weight is 298 g/mol. The summed E-state index contributed by atoms with van der Waals surface area (Å²) in [6, 6.07) is 8.03. The first-order chi connectivity index (χ1) is 8.20. The van der Waals surface area contributed by atoms with Crippen molar-refractivity contribution in [1.82, 2.24) is 10.2 Å². The highest BCUT2D eigenvalue weighted by molar-refractivity contribution is 9.10. The van der Waals surface area contributed by atoms with Crippen molar-refractivity contribution in [2.45, 2.75) is 13.0 Å². The molecule has 6 heteroatoms. The lowest BCUT2D eigenvalue weighted by atomic mass is 10.2. The third-order valence-corrected chi connectivity index (χ3v) is 2.96. The van der Waals surface area contributed by atoms with Crippen molar-refractivity contribution in [2.24, 2.45) is 5.84 Å². The number of carbonyl (C=O) groups is 1. The second-order valence-corrected chi connectivity index (χ2v) is 4.47. The van der Waals surface area contributed by atoms with Gasteiger partial charge in [-0.3, -0.25) is 4.79 Å². The maximum absolute atomic E-state index is 11.2. The van der Waals surface area contributed by atoms with E-state index in [-0.39, 0.29) is 12.4 Å². The second-order valence-electron chi connectivity index (χ2n) is 3.55. The van der Waals surface area contributed by atoms with Gasteiger partial charge in [0.25, 0.3) is 0 Å². The maximum Gasteiger partial charge on any atom is 0.328 e. The number of hydrogen-bond donors (Lipinski definition) is 2. The SMILES string of the molecule is NNOC(=O)CCn1ccc2ccc(Br)cc21. The van der Waals surface area contributed by atoms with Gasteiger partial charge in [0.15, 0.2) is 0 Å². The Bertz CT molecular complexity index is 538. The van der Waals surface area contributed by atoms with Crippen molar-refractivity contribution in [3.05, 3.63) is 34.9 Å². The van der Waals surface area contributed by atoms with Crippen molar-refractivity contribution in [3.63, 3.8) is 0 Å². The zero-order chi connectivity index (χ0) is 12.3. The molecule has 0 amide bonds. The molecule has 0 aliphatic heterocycles. The molecule has 0 saturated carbocycles. The highest BCUT2D eigenvalue weighted by Crippen LogP contribution is 2.21. The van der Waals surface area contributed by atoms with Gasteiger partial charge in [0, 0.05) is 22.7 Å². The summed E-state index contributed by atoms with van der Waals surface area (Å²) in [4.78, 5) is 15.6. The Labute approximate surface area is 107 Å². The van der Waals surface area contributed by atoms with Crippen LogP contribution in [-0.2, 0) is 16.2 Å². The van der Waals surface area contributed by atoms with Crippen LogP contribution in [-0.4, -0.2) is 10.5 Å². The van der Waals surface area contributed by atoms with Crippen LogP contribution in [0.25, 0.3) is 10.9 Å². The molecule has 2 rings (SSSR count). The van der Waals surface area contributed by atoms with Crippen LogP contribution in [0.15, 0.2) is 34.9 Å². The van der Waals surface area contributed by atoms with E-state index in [1.807, 2.05) is 40.6 Å². The Morgan fingerprint density at radius 2 is 2.29 bits per heavy atom. The molecule has 0 unspecified atom stereocenters. The highest BCUT2D eigenvalue weighted by atomic mass is 79.9. The predicted molar refractivity (Wildman–Crippen MR) is 67.7 cm³/mol. The van der Waals surface area contributed by atoms with E-state index in [9.17, 15) is 4.79 Å². The van der Waals surface area contributed by atoms with Gasteiger partial charge < -0.3 is 9.40 Å². The van der Waals surface area contributed by atoms with Crippen LogP contribution >= 0.6 is 15.9 Å². The first-order valence-electron chi connectivity index (χ1n) is 5.10. The molecule has 0 aliphatic carbocycles. The molecule has 0 spiro atoms. The summed E-state index contributed by atoms with van der Waals surface area (Å²) in [6.45, 7) is 0.556. The Kier molecular flexibility index (Phi) is 3.78. The van der Waals surface area contributed by atoms with Crippen LogP contribution in [0.4, 0.5) is 0 Å². The minimum absolute atomic E-state index is 0.264. The van der Waals surface area contributed by atoms with Gasteiger partial charge in [0.05, 0.1) is 6.42 Å². The summed E-state index contributed by atoms with van der Waals surface area (Å²) in [5, 5.41) is 1.14. The number of hydrogen-bond acceptors (Lipinski definition) is 4. The second kappa shape index (κ2) is 5.31. The van der Waals surface area contributed by atoms with E-state index in [1.54, 1.807) is 0 Å². The number of nitrogens with one attached hydrogen (secondary N) is 1. The molecule has 2 aromatic rings. The Balaban J connectivity index is 2.13. The molecule has 90 valence electrons. The van der Waals surface area contributed by atoms with Gasteiger partial charge in [-0.25, -0.2) is 5.84 Å². The fourth-order valence-corrected chi connectivity index (χ4v) is 2.03. The van der Waals surface area contributed by atoms with Crippen molar-refractivity contribution < 1.29 is 9.63 Å². The van der Waals surface area contributed by atoms with Crippen molar-refractivity contribution >= 4 is 32.8 Å². The molecular weight excluding hydrogens is 286 g/mol. The van der Waals surface area contributed by atoms with E-state index >= 15 is 0 Å². The summed E-state index contributed by atoms with van der Waals surface area (Å²) >= 11 is 3.42. The average Bonchev–Trinajstić information content (AvgIpc) is 2.69. The Morgan fingerprint density at radius 3 is 3.06 bits per heavy atom. The normalized spacial score (nSPS) is 10.7. The minimum Gasteiger partial charge on any atom is -0.356 e. The number of rotatable bonds is 4. The molecule has 0 saturated heterocycles. The number of nitrogens with two attached hydrogens (primary N) is 1. The molecule has 0 fully saturated rings. The maximum atomic E-state index is 11.2. The van der Waals surface area contributed by atoms with Gasteiger partial charge in [0.2, 0.25) is 0 Å². The summed E-state index contributed by atoms with van der Waals surface area (Å²) in [5.41, 5.74) is 2.95. The molecular formula is C11H12BrN3O2. The van der Waals surface area contributed by atoms with Crippen LogP contribution in [0.1, 0.15) is 6.42 Å². The zero-order valence-electron chi connectivity index (χ0n) is 9.02. The van der Waals surface area contributed by atoms with E-state index in [2.05, 4.69) is 20.8 Å². The molecule has 0 atom stereocenters. The molecule has 0 bridgehead atoms. The smallest absolute Gasteiger partial charge is 0.328 e. The Hall–Kier alpha value is -1.37. The number of halogens is 1. The molecule has 17 heavy (non-hydrogen) atoms. The number of nitrogens with zero attached hydrogens (tertiary/aromatic N) is 1. The monoisotopic (exact) mass is 297 g/mol. The zero-order valence-corrected chi connectivity index (χ0v) is 10.6. The highest BCUT2D eigenvalue weighted by Gasteiger charge is 2.05. The molecule has 0 radical (unpaired) electrons. The number of carbonyl (C=O) groups excluding carboxylic acids is 1. The summed E-state index contributed by atoms with van der Waals surface area (Å²) in [7, 11) is 0. The van der Waals surface area contributed by atoms with Crippen molar-refractivity contribution in [1.29, 1.82) is 0 Å². The van der Waals surface area contributed by atoms with Crippen molar-refractivity contribution in [3.8, 4) is 0 Å². The molecule has 0 aliphatic rings. The first kappa shape index (κ1) is 12.1. The molecule has 1 aromatic heterocycles. The summed E-state index contributed by atoms with van der Waals surface area (Å²) in [6.07, 6.45) is 2.21. The number of aryl methyl sites for hydroxylation is 1. The summed E-state index contributed by atoms with van der Waals surface area (Å²) < 4.78 is 3.01. The lowest BCUT2D eigenvalue weighted by Gasteiger charge is -2.05. The largest absolute Gasteiger partial charge is 0.356 e. The predicted octanol–water partition coefficient (Wildman–Crippen LogP) is 1.72. The van der Waals surface area contributed by atoms with Crippen LogP contribution in [0.2, 0.25) is 0 Å². The number of hydrazine groups is 1. The number of benzene rings is 1. The van der Waals surface area contributed by atoms with Crippen LogP contribution < -0.4 is 11.4 Å². The minimum atomic E-state index is -0.385. The lowest BCUT2D eigenvalue weighted by molar-refractivity contribution is -0.151. The van der Waals surface area contributed by atoms with Crippen LogP contribution in [0.3, 0.4) is 0 Å². The van der Waals surface area contributed by atoms with Crippen molar-refractivity contribution in [2.75, 3.05) is 0 Å². The molecule has 3 N–H and O–H groups in total. The van der Waals surface area contributed by atoms with Crippen LogP contribution in [0, 0.1) is 0 Å². The fraction of sp³-hybridized carbons (Fsp3) is 0.182. The van der Waals surface area contributed by atoms with E-state index in [4.69, 9.17) is 5.84 Å². The first-order valence-corrected chi connectivity index (χ1v) is 5.89. The van der Waals surface area contributed by atoms with E-state index in [0.29, 0.717) is 6.54 Å². The molecule has 1 heterocycles. The van der Waals surface area contributed by atoms with Gasteiger partial charge in [-0.2, -0.15) is 0 Å².